The van der Waals surface area contributed by atoms with Crippen LogP contribution in [0, 0.1) is 22.9 Å². The van der Waals surface area contributed by atoms with E-state index in [1.165, 1.54) is 12.1 Å². The second-order valence-corrected chi connectivity index (χ2v) is 11.1. The summed E-state index contributed by atoms with van der Waals surface area (Å²) in [4.78, 5) is 42.9. The molecule has 3 aromatic carbocycles. The van der Waals surface area contributed by atoms with Crippen molar-refractivity contribution < 1.29 is 33.4 Å². The highest BCUT2D eigenvalue weighted by Crippen LogP contribution is 2.37. The van der Waals surface area contributed by atoms with Crippen LogP contribution in [0.3, 0.4) is 0 Å². The number of carbonyl (C=O) groups is 2. The molecule has 0 unspecified atom stereocenters. The number of hydrogen-bond acceptors (Lipinski definition) is 9. The molecule has 10 nitrogen and oxygen atoms in total. The zero-order chi connectivity index (χ0) is 32.5. The molecule has 0 spiro atoms. The van der Waals surface area contributed by atoms with E-state index in [0.29, 0.717) is 46.6 Å². The number of halogens is 1. The highest BCUT2D eigenvalue weighted by molar-refractivity contribution is 7.98. The van der Waals surface area contributed by atoms with E-state index in [4.69, 9.17) is 27.4 Å². The second-order valence-electron chi connectivity index (χ2n) is 9.77. The molecule has 0 saturated carbocycles. The minimum atomic E-state index is -0.883. The van der Waals surface area contributed by atoms with Gasteiger partial charge in [-0.2, -0.15) is 0 Å². The molecule has 0 saturated heterocycles. The fourth-order valence-corrected chi connectivity index (χ4v) is 5.25. The lowest BCUT2D eigenvalue weighted by Gasteiger charge is -2.14. The molecule has 0 bridgehead atoms. The third kappa shape index (κ3) is 8.46. The number of aromatic nitrogens is 1. The Hall–Kier alpha value is -4.75. The van der Waals surface area contributed by atoms with Crippen LogP contribution in [-0.2, 0) is 20.8 Å². The maximum Gasteiger partial charge on any atom is 0.346 e. The van der Waals surface area contributed by atoms with Crippen LogP contribution >= 0.6 is 24.0 Å². The van der Waals surface area contributed by atoms with Gasteiger partial charge in [-0.05, 0) is 91.7 Å². The lowest BCUT2D eigenvalue weighted by atomic mass is 10.0. The average molecular weight is 652 g/mol. The third-order valence-corrected chi connectivity index (χ3v) is 7.82. The van der Waals surface area contributed by atoms with Crippen molar-refractivity contribution in [2.45, 2.75) is 31.1 Å². The van der Waals surface area contributed by atoms with Crippen LogP contribution in [0.5, 0.6) is 5.75 Å². The molecule has 4 rings (SSSR count). The molecule has 4 aromatic rings. The maximum absolute atomic E-state index is 14.5. The maximum atomic E-state index is 14.5. The summed E-state index contributed by atoms with van der Waals surface area (Å²) in [5.41, 5.74) is 8.76. The molecule has 0 fully saturated rings. The number of unbranched alkanes of at least 4 members (excludes halogenated alkanes) is 1. The first-order valence-electron chi connectivity index (χ1n) is 13.8. The first-order valence-corrected chi connectivity index (χ1v) is 15.4. The smallest absolute Gasteiger partial charge is 0.346 e. The molecule has 234 valence electrons. The van der Waals surface area contributed by atoms with Gasteiger partial charge in [-0.1, -0.05) is 30.4 Å². The number of thiocarbonyl (C=S) groups is 1. The Morgan fingerprint density at radius 2 is 1.73 bits per heavy atom. The Morgan fingerprint density at radius 3 is 2.36 bits per heavy atom. The van der Waals surface area contributed by atoms with Crippen LogP contribution < -0.4 is 10.5 Å². The van der Waals surface area contributed by atoms with Gasteiger partial charge in [0, 0.05) is 21.8 Å². The molecule has 0 amide bonds. The van der Waals surface area contributed by atoms with Crippen molar-refractivity contribution in [2.75, 3.05) is 19.5 Å². The van der Waals surface area contributed by atoms with E-state index in [1.54, 1.807) is 59.7 Å². The van der Waals surface area contributed by atoms with E-state index < -0.39 is 22.8 Å². The van der Waals surface area contributed by atoms with Gasteiger partial charge in [0.15, 0.2) is 0 Å². The molecule has 0 aliphatic rings. The summed E-state index contributed by atoms with van der Waals surface area (Å²) >= 11 is 6.56. The number of ether oxygens (including phenoxy) is 2. The van der Waals surface area contributed by atoms with Gasteiger partial charge >= 0.3 is 11.9 Å². The van der Waals surface area contributed by atoms with Crippen LogP contribution in [0.2, 0.25) is 0 Å². The first-order chi connectivity index (χ1) is 21.6. The minimum Gasteiger partial charge on any atom is -0.465 e. The predicted molar refractivity (Wildman–Crippen MR) is 172 cm³/mol. The van der Waals surface area contributed by atoms with Gasteiger partial charge in [-0.15, -0.1) is 21.9 Å². The van der Waals surface area contributed by atoms with Crippen molar-refractivity contribution in [3.05, 3.63) is 111 Å². The Kier molecular flexibility index (Phi) is 11.3. The molecule has 0 aliphatic heterocycles. The van der Waals surface area contributed by atoms with E-state index in [1.807, 2.05) is 30.5 Å². The molecular formula is C32H30FN3O7S2. The zero-order valence-electron chi connectivity index (χ0n) is 24.5. The molecule has 2 N–H and O–H groups in total. The summed E-state index contributed by atoms with van der Waals surface area (Å²) in [5, 5.41) is 9.45. The summed E-state index contributed by atoms with van der Waals surface area (Å²) < 4.78 is 27.4. The number of rotatable bonds is 14. The van der Waals surface area contributed by atoms with Crippen LogP contribution in [0.1, 0.15) is 40.0 Å². The number of thioether (sulfide) groups is 1. The molecule has 0 radical (unpaired) electrons. The third-order valence-electron chi connectivity index (χ3n) is 6.84. The molecule has 0 atom stereocenters. The predicted octanol–water partition coefficient (Wildman–Crippen LogP) is 6.24. The molecule has 1 aromatic heterocycles. The van der Waals surface area contributed by atoms with Crippen molar-refractivity contribution in [1.29, 1.82) is 0 Å². The van der Waals surface area contributed by atoms with E-state index in [-0.39, 0.29) is 35.9 Å². The number of hydrogen-bond donors (Lipinski definition) is 1. The summed E-state index contributed by atoms with van der Waals surface area (Å²) in [7, 11) is 0. The highest BCUT2D eigenvalue weighted by Gasteiger charge is 2.30. The fourth-order valence-electron chi connectivity index (χ4n) is 4.70. The van der Waals surface area contributed by atoms with Gasteiger partial charge in [0.05, 0.1) is 30.9 Å². The van der Waals surface area contributed by atoms with Crippen molar-refractivity contribution in [1.82, 2.24) is 4.57 Å². The van der Waals surface area contributed by atoms with Crippen molar-refractivity contribution >= 4 is 40.9 Å². The van der Waals surface area contributed by atoms with E-state index in [9.17, 15) is 24.1 Å². The minimum absolute atomic E-state index is 0.00168. The van der Waals surface area contributed by atoms with E-state index in [2.05, 4.69) is 4.84 Å². The van der Waals surface area contributed by atoms with Crippen LogP contribution in [0.25, 0.3) is 16.9 Å². The van der Waals surface area contributed by atoms with Crippen molar-refractivity contribution in [3.63, 3.8) is 0 Å². The lowest BCUT2D eigenvalue weighted by molar-refractivity contribution is -0.757. The molecule has 0 aliphatic carbocycles. The number of carbonyl (C=O) groups excluding carboxylic acids is 2. The number of esters is 2. The Bertz CT molecular complexity index is 1710. The largest absolute Gasteiger partial charge is 0.465 e. The van der Waals surface area contributed by atoms with Gasteiger partial charge in [0.2, 0.25) is 0 Å². The Balaban J connectivity index is 1.78. The SMILES string of the molecule is CSc1ccc(-c2c(C(=O)Oc3ccc(C(N)=S)cc3)c(CC(=O)OCCCCO[N+](=O)[O-])c(C)n2-c2cccc(F)c2)cc1. The lowest BCUT2D eigenvalue weighted by Crippen LogP contribution is -2.16. The molecule has 1 heterocycles. The monoisotopic (exact) mass is 651 g/mol. The van der Waals surface area contributed by atoms with Gasteiger partial charge in [0.1, 0.15) is 16.6 Å². The summed E-state index contributed by atoms with van der Waals surface area (Å²) in [6.07, 6.45) is 2.30. The number of benzene rings is 3. The van der Waals surface area contributed by atoms with Crippen molar-refractivity contribution in [3.8, 4) is 22.7 Å². The molecule has 45 heavy (non-hydrogen) atoms. The quantitative estimate of drug-likeness (QED) is 0.0317. The van der Waals surface area contributed by atoms with E-state index in [0.717, 1.165) is 4.90 Å². The first kappa shape index (κ1) is 33.1. The molecule has 13 heteroatoms. The summed E-state index contributed by atoms with van der Waals surface area (Å²) in [6, 6.07) is 19.8. The van der Waals surface area contributed by atoms with Gasteiger partial charge < -0.3 is 24.6 Å². The fraction of sp³-hybridized carbons (Fsp3) is 0.219. The second kappa shape index (κ2) is 15.3. The Labute approximate surface area is 268 Å². The van der Waals surface area contributed by atoms with Crippen molar-refractivity contribution in [2.24, 2.45) is 5.73 Å². The van der Waals surface area contributed by atoms with Gasteiger partial charge in [-0.25, -0.2) is 9.18 Å². The molecular weight excluding hydrogens is 621 g/mol. The highest BCUT2D eigenvalue weighted by atomic mass is 32.2. The number of nitrogens with two attached hydrogens (primary N) is 1. The van der Waals surface area contributed by atoms with Gasteiger partial charge in [-0.3, -0.25) is 4.79 Å². The Morgan fingerprint density at radius 1 is 1.04 bits per heavy atom. The zero-order valence-corrected chi connectivity index (χ0v) is 26.1. The summed E-state index contributed by atoms with van der Waals surface area (Å²) in [6.45, 7) is 1.62. The topological polar surface area (TPSA) is 136 Å². The van der Waals surface area contributed by atoms with Gasteiger partial charge in [0.25, 0.3) is 5.09 Å². The van der Waals surface area contributed by atoms with Crippen LogP contribution in [-0.4, -0.2) is 46.1 Å². The van der Waals surface area contributed by atoms with E-state index >= 15 is 0 Å². The summed E-state index contributed by atoms with van der Waals surface area (Å²) in [5.74, 6) is -1.61. The standard InChI is InChI=1S/C32H30FN3O7S2/c1-20-27(19-28(37)41-16-3-4-17-42-36(39)40)29(32(38)43-25-12-8-22(9-13-25)31(34)44)30(21-10-14-26(45-2)15-11-21)35(20)24-7-5-6-23(33)18-24/h5-15,18H,3-4,16-17,19H2,1-2H3,(H2,34,44). The average Bonchev–Trinajstić information content (AvgIpc) is 3.30. The van der Waals surface area contributed by atoms with Crippen LogP contribution in [0.4, 0.5) is 4.39 Å². The normalized spacial score (nSPS) is 10.7. The number of nitrogens with zero attached hydrogens (tertiary/aromatic N) is 2. The van der Waals surface area contributed by atoms with Crippen LogP contribution in [0.15, 0.2) is 77.7 Å².